The Kier molecular flexibility index (Phi) is 6.56. The molecule has 2 aromatic carbocycles. The van der Waals surface area contributed by atoms with Gasteiger partial charge in [0.1, 0.15) is 11.5 Å². The number of carbonyl (C=O) groups is 1. The van der Waals surface area contributed by atoms with E-state index in [-0.39, 0.29) is 11.9 Å². The summed E-state index contributed by atoms with van der Waals surface area (Å²) in [5.41, 5.74) is 4.11. The Morgan fingerprint density at radius 2 is 1.87 bits per heavy atom. The Morgan fingerprint density at radius 1 is 1.06 bits per heavy atom. The minimum absolute atomic E-state index is 0.0347. The summed E-state index contributed by atoms with van der Waals surface area (Å²) in [6, 6.07) is 13.9. The summed E-state index contributed by atoms with van der Waals surface area (Å²) in [7, 11) is 3.28. The number of benzene rings is 2. The Balaban J connectivity index is 1.66. The van der Waals surface area contributed by atoms with Crippen LogP contribution in [0.5, 0.6) is 11.5 Å². The third-order valence-corrected chi connectivity index (χ3v) is 6.12. The van der Waals surface area contributed by atoms with E-state index in [0.29, 0.717) is 18.7 Å². The Hall–Kier alpha value is -2.86. The van der Waals surface area contributed by atoms with Crippen molar-refractivity contribution in [1.29, 1.82) is 0 Å². The summed E-state index contributed by atoms with van der Waals surface area (Å²) in [5.74, 6) is 1.47. The first-order valence-electron chi connectivity index (χ1n) is 11.0. The van der Waals surface area contributed by atoms with E-state index in [2.05, 4.69) is 30.0 Å². The van der Waals surface area contributed by atoms with Crippen LogP contribution >= 0.6 is 0 Å². The van der Waals surface area contributed by atoms with Gasteiger partial charge in [-0.05, 0) is 50.6 Å². The lowest BCUT2D eigenvalue weighted by Gasteiger charge is -2.29. The van der Waals surface area contributed by atoms with Gasteiger partial charge in [-0.2, -0.15) is 5.10 Å². The number of amides is 1. The Morgan fingerprint density at radius 3 is 2.58 bits per heavy atom. The molecule has 6 heteroatoms. The number of likely N-dealkylation sites (tertiary alicyclic amines) is 1. The number of rotatable bonds is 6. The van der Waals surface area contributed by atoms with Crippen LogP contribution in [-0.4, -0.2) is 55.4 Å². The average molecular weight is 422 g/mol. The van der Waals surface area contributed by atoms with Crippen LogP contribution in [0.3, 0.4) is 0 Å². The zero-order valence-electron chi connectivity index (χ0n) is 18.6. The van der Waals surface area contributed by atoms with E-state index in [0.717, 1.165) is 48.5 Å². The summed E-state index contributed by atoms with van der Waals surface area (Å²) >= 11 is 0. The van der Waals surface area contributed by atoms with E-state index in [1.54, 1.807) is 19.2 Å². The van der Waals surface area contributed by atoms with Gasteiger partial charge < -0.3 is 9.47 Å². The second-order valence-electron chi connectivity index (χ2n) is 8.32. The first kappa shape index (κ1) is 21.4. The standard InChI is InChI=1S/C25H31N3O3/c1-18-8-7-9-19(14-18)22-16-23(21-11-10-20(30-2)15-24(21)31-3)28(26-22)25(29)17-27-12-5-4-6-13-27/h7-11,14-15,23H,4-6,12-13,16-17H2,1-3H3. The number of hydrogen-bond donors (Lipinski definition) is 0. The molecule has 0 bridgehead atoms. The fraction of sp³-hybridized carbons (Fsp3) is 0.440. The van der Waals surface area contributed by atoms with Crippen molar-refractivity contribution < 1.29 is 14.3 Å². The lowest BCUT2D eigenvalue weighted by Crippen LogP contribution is -2.40. The molecule has 2 aliphatic rings. The second kappa shape index (κ2) is 9.52. The quantitative estimate of drug-likeness (QED) is 0.702. The van der Waals surface area contributed by atoms with Crippen molar-refractivity contribution in [2.75, 3.05) is 33.9 Å². The molecule has 164 valence electrons. The topological polar surface area (TPSA) is 54.4 Å². The highest BCUT2D eigenvalue weighted by molar-refractivity contribution is 6.03. The van der Waals surface area contributed by atoms with Crippen molar-refractivity contribution >= 4 is 11.6 Å². The maximum absolute atomic E-state index is 13.4. The molecule has 0 N–H and O–H groups in total. The van der Waals surface area contributed by atoms with Gasteiger partial charge in [-0.1, -0.05) is 36.2 Å². The second-order valence-corrected chi connectivity index (χ2v) is 8.32. The summed E-state index contributed by atoms with van der Waals surface area (Å²) < 4.78 is 11.0. The SMILES string of the molecule is COc1ccc(C2CC(c3cccc(C)c3)=NN2C(=O)CN2CCCCC2)c(OC)c1. The third kappa shape index (κ3) is 4.74. The molecule has 2 heterocycles. The first-order chi connectivity index (χ1) is 15.1. The molecule has 0 spiro atoms. The summed E-state index contributed by atoms with van der Waals surface area (Å²) in [5, 5.41) is 6.50. The lowest BCUT2D eigenvalue weighted by atomic mass is 9.96. The van der Waals surface area contributed by atoms with E-state index in [4.69, 9.17) is 14.6 Å². The molecule has 1 atom stereocenters. The van der Waals surface area contributed by atoms with E-state index in [1.165, 1.54) is 12.0 Å². The highest BCUT2D eigenvalue weighted by atomic mass is 16.5. The fourth-order valence-corrected chi connectivity index (χ4v) is 4.46. The maximum atomic E-state index is 13.4. The largest absolute Gasteiger partial charge is 0.497 e. The third-order valence-electron chi connectivity index (χ3n) is 6.12. The first-order valence-corrected chi connectivity index (χ1v) is 11.0. The molecular formula is C25H31N3O3. The minimum Gasteiger partial charge on any atom is -0.497 e. The van der Waals surface area contributed by atoms with Gasteiger partial charge in [0.25, 0.3) is 5.91 Å². The van der Waals surface area contributed by atoms with Crippen LogP contribution < -0.4 is 9.47 Å². The molecular weight excluding hydrogens is 390 g/mol. The van der Waals surface area contributed by atoms with Crippen LogP contribution in [0.2, 0.25) is 0 Å². The smallest absolute Gasteiger partial charge is 0.257 e. The van der Waals surface area contributed by atoms with Crippen LogP contribution in [0, 0.1) is 6.92 Å². The molecule has 0 saturated carbocycles. The summed E-state index contributed by atoms with van der Waals surface area (Å²) in [6.45, 7) is 4.43. The molecule has 4 rings (SSSR count). The monoisotopic (exact) mass is 421 g/mol. The van der Waals surface area contributed by atoms with Crippen molar-refractivity contribution in [3.63, 3.8) is 0 Å². The number of hydrazone groups is 1. The molecule has 0 aromatic heterocycles. The highest BCUT2D eigenvalue weighted by Gasteiger charge is 2.35. The molecule has 31 heavy (non-hydrogen) atoms. The zero-order chi connectivity index (χ0) is 21.8. The summed E-state index contributed by atoms with van der Waals surface area (Å²) in [6.07, 6.45) is 4.20. The Bertz CT molecular complexity index is 966. The predicted molar refractivity (Wildman–Crippen MR) is 122 cm³/mol. The van der Waals surface area contributed by atoms with Gasteiger partial charge in [0.15, 0.2) is 0 Å². The predicted octanol–water partition coefficient (Wildman–Crippen LogP) is 4.18. The lowest BCUT2D eigenvalue weighted by molar-refractivity contribution is -0.134. The van der Waals surface area contributed by atoms with Gasteiger partial charge in [0.05, 0.1) is 32.5 Å². The van der Waals surface area contributed by atoms with Gasteiger partial charge in [-0.25, -0.2) is 5.01 Å². The van der Waals surface area contributed by atoms with Crippen LogP contribution in [0.25, 0.3) is 0 Å². The zero-order valence-corrected chi connectivity index (χ0v) is 18.6. The number of nitrogens with zero attached hydrogens (tertiary/aromatic N) is 3. The molecule has 2 aromatic rings. The van der Waals surface area contributed by atoms with Crippen molar-refractivity contribution in [3.8, 4) is 11.5 Å². The molecule has 2 aliphatic heterocycles. The molecule has 0 radical (unpaired) electrons. The maximum Gasteiger partial charge on any atom is 0.257 e. The van der Waals surface area contributed by atoms with Gasteiger partial charge in [-0.3, -0.25) is 9.69 Å². The van der Waals surface area contributed by atoms with Gasteiger partial charge in [0.2, 0.25) is 0 Å². The Labute approximate surface area is 184 Å². The summed E-state index contributed by atoms with van der Waals surface area (Å²) in [4.78, 5) is 15.6. The van der Waals surface area contributed by atoms with Crippen molar-refractivity contribution in [1.82, 2.24) is 9.91 Å². The minimum atomic E-state index is -0.200. The number of methoxy groups -OCH3 is 2. The number of ether oxygens (including phenoxy) is 2. The van der Waals surface area contributed by atoms with Crippen LogP contribution in [0.1, 0.15) is 48.4 Å². The number of hydrogen-bond acceptors (Lipinski definition) is 5. The molecule has 1 unspecified atom stereocenters. The highest BCUT2D eigenvalue weighted by Crippen LogP contribution is 2.39. The van der Waals surface area contributed by atoms with Crippen LogP contribution in [-0.2, 0) is 4.79 Å². The van der Waals surface area contributed by atoms with Gasteiger partial charge in [0, 0.05) is 18.1 Å². The molecule has 1 fully saturated rings. The van der Waals surface area contributed by atoms with Gasteiger partial charge in [-0.15, -0.1) is 0 Å². The average Bonchev–Trinajstić information content (AvgIpc) is 3.25. The van der Waals surface area contributed by atoms with Crippen molar-refractivity contribution in [2.24, 2.45) is 5.10 Å². The van der Waals surface area contributed by atoms with Crippen molar-refractivity contribution in [3.05, 3.63) is 59.2 Å². The van der Waals surface area contributed by atoms with E-state index in [1.807, 2.05) is 24.3 Å². The number of carbonyl (C=O) groups excluding carboxylic acids is 1. The molecule has 0 aliphatic carbocycles. The number of piperidine rings is 1. The van der Waals surface area contributed by atoms with E-state index in [9.17, 15) is 4.79 Å². The normalized spacial score (nSPS) is 19.3. The van der Waals surface area contributed by atoms with Crippen LogP contribution in [0.4, 0.5) is 0 Å². The van der Waals surface area contributed by atoms with E-state index < -0.39 is 0 Å². The molecule has 6 nitrogen and oxygen atoms in total. The molecule has 1 amide bonds. The van der Waals surface area contributed by atoms with E-state index >= 15 is 0 Å². The van der Waals surface area contributed by atoms with Gasteiger partial charge >= 0.3 is 0 Å². The fourth-order valence-electron chi connectivity index (χ4n) is 4.46. The van der Waals surface area contributed by atoms with Crippen LogP contribution in [0.15, 0.2) is 47.6 Å². The van der Waals surface area contributed by atoms with Crippen molar-refractivity contribution in [2.45, 2.75) is 38.6 Å². The number of aryl methyl sites for hydroxylation is 1. The molecule has 1 saturated heterocycles.